The third kappa shape index (κ3) is 4.26. The Hall–Kier alpha value is -1.83. The van der Waals surface area contributed by atoms with Crippen molar-refractivity contribution >= 4 is 50.9 Å². The minimum atomic E-state index is -0.335. The number of halogens is 1. The lowest BCUT2D eigenvalue weighted by Gasteiger charge is -2.12. The van der Waals surface area contributed by atoms with Crippen LogP contribution in [0.4, 0.5) is 0 Å². The highest BCUT2D eigenvalue weighted by atomic mass is 35.5. The largest absolute Gasteiger partial charge is 0.465 e. The van der Waals surface area contributed by atoms with Crippen molar-refractivity contribution in [3.05, 3.63) is 50.1 Å². The van der Waals surface area contributed by atoms with Crippen molar-refractivity contribution in [2.45, 2.75) is 38.8 Å². The topological polar surface area (TPSA) is 61.2 Å². The number of rotatable bonds is 7. The first-order valence-electron chi connectivity index (χ1n) is 9.05. The molecule has 148 valence electrons. The second kappa shape index (κ2) is 9.11. The number of nitrogens with zero attached hydrogens (tertiary/aromatic N) is 2. The molecule has 5 nitrogen and oxygen atoms in total. The Labute approximate surface area is 176 Å². The fraction of sp³-hybridized carbons (Fsp3) is 0.350. The number of fused-ring (bicyclic) bond motifs is 1. The second-order valence-electron chi connectivity index (χ2n) is 6.19. The smallest absolute Gasteiger partial charge is 0.316 e. The van der Waals surface area contributed by atoms with Gasteiger partial charge < -0.3 is 4.74 Å². The molecule has 0 aliphatic heterocycles. The lowest BCUT2D eigenvalue weighted by atomic mass is 10.1. The summed E-state index contributed by atoms with van der Waals surface area (Å²) in [5.41, 5.74) is 1.52. The highest BCUT2D eigenvalue weighted by Crippen LogP contribution is 2.31. The molecule has 0 N–H and O–H groups in total. The van der Waals surface area contributed by atoms with Gasteiger partial charge in [0.2, 0.25) is 0 Å². The molecule has 0 unspecified atom stereocenters. The van der Waals surface area contributed by atoms with Crippen molar-refractivity contribution in [2.24, 2.45) is 0 Å². The van der Waals surface area contributed by atoms with Gasteiger partial charge >= 0.3 is 5.97 Å². The molecule has 0 aliphatic carbocycles. The van der Waals surface area contributed by atoms with Crippen LogP contribution in [0.15, 0.2) is 34.2 Å². The molecule has 2 aromatic heterocycles. The molecule has 3 rings (SSSR count). The molecule has 0 atom stereocenters. The first kappa shape index (κ1) is 20.9. The van der Waals surface area contributed by atoms with Crippen LogP contribution in [0.5, 0.6) is 0 Å². The average Bonchev–Trinajstić information content (AvgIpc) is 2.97. The van der Waals surface area contributed by atoms with E-state index in [1.54, 1.807) is 47.1 Å². The standard InChI is InChI=1S/C20H21ClN2O3S2/c1-4-6-15-12(3)17-18(28-15)22-20(27-11-16(24)26-5-2)23(19(17)25)14-9-7-13(21)8-10-14/h7-10H,4-6,11H2,1-3H3. The maximum Gasteiger partial charge on any atom is 0.316 e. The molecular weight excluding hydrogens is 416 g/mol. The molecule has 0 saturated heterocycles. The molecule has 0 radical (unpaired) electrons. The summed E-state index contributed by atoms with van der Waals surface area (Å²) < 4.78 is 6.56. The number of ether oxygens (including phenoxy) is 1. The zero-order chi connectivity index (χ0) is 20.3. The highest BCUT2D eigenvalue weighted by molar-refractivity contribution is 7.99. The second-order valence-corrected chi connectivity index (χ2v) is 8.65. The van der Waals surface area contributed by atoms with Crippen molar-refractivity contribution in [2.75, 3.05) is 12.4 Å². The molecule has 0 fully saturated rings. The van der Waals surface area contributed by atoms with Crippen molar-refractivity contribution < 1.29 is 9.53 Å². The van der Waals surface area contributed by atoms with E-state index in [1.807, 2.05) is 6.92 Å². The molecule has 1 aromatic carbocycles. The van der Waals surface area contributed by atoms with E-state index in [4.69, 9.17) is 21.3 Å². The van der Waals surface area contributed by atoms with Gasteiger partial charge in [0.15, 0.2) is 5.16 Å². The monoisotopic (exact) mass is 436 g/mol. The van der Waals surface area contributed by atoms with E-state index >= 15 is 0 Å². The summed E-state index contributed by atoms with van der Waals surface area (Å²) >= 11 is 8.76. The van der Waals surface area contributed by atoms with Gasteiger partial charge in [-0.3, -0.25) is 14.2 Å². The Bertz CT molecular complexity index is 1060. The van der Waals surface area contributed by atoms with Gasteiger partial charge in [-0.2, -0.15) is 0 Å². The first-order chi connectivity index (χ1) is 13.5. The lowest BCUT2D eigenvalue weighted by molar-refractivity contribution is -0.139. The van der Waals surface area contributed by atoms with Crippen molar-refractivity contribution in [3.8, 4) is 5.69 Å². The molecule has 3 aromatic rings. The molecule has 8 heteroatoms. The molecule has 0 amide bonds. The van der Waals surface area contributed by atoms with Gasteiger partial charge in [0.25, 0.3) is 5.56 Å². The van der Waals surface area contributed by atoms with Crippen molar-refractivity contribution in [3.63, 3.8) is 0 Å². The van der Waals surface area contributed by atoms with E-state index < -0.39 is 0 Å². The fourth-order valence-corrected chi connectivity index (χ4v) is 5.17. The SMILES string of the molecule is CCCc1sc2nc(SCC(=O)OCC)n(-c3ccc(Cl)cc3)c(=O)c2c1C. The van der Waals surface area contributed by atoms with Crippen LogP contribution in [-0.2, 0) is 16.0 Å². The number of carbonyl (C=O) groups is 1. The molecule has 0 bridgehead atoms. The minimum absolute atomic E-state index is 0.0888. The summed E-state index contributed by atoms with van der Waals surface area (Å²) in [6.07, 6.45) is 1.92. The number of esters is 1. The Balaban J connectivity index is 2.17. The maximum absolute atomic E-state index is 13.4. The van der Waals surface area contributed by atoms with Crippen LogP contribution in [0, 0.1) is 6.92 Å². The van der Waals surface area contributed by atoms with Crippen LogP contribution >= 0.6 is 34.7 Å². The zero-order valence-electron chi connectivity index (χ0n) is 16.0. The summed E-state index contributed by atoms with van der Waals surface area (Å²) in [6.45, 7) is 6.18. The van der Waals surface area contributed by atoms with Gasteiger partial charge in [0.05, 0.1) is 23.4 Å². The third-order valence-electron chi connectivity index (χ3n) is 4.22. The summed E-state index contributed by atoms with van der Waals surface area (Å²) in [5.74, 6) is -0.246. The quantitative estimate of drug-likeness (QED) is 0.296. The highest BCUT2D eigenvalue weighted by Gasteiger charge is 2.20. The van der Waals surface area contributed by atoms with E-state index in [0.29, 0.717) is 32.7 Å². The zero-order valence-corrected chi connectivity index (χ0v) is 18.3. The molecule has 0 saturated carbocycles. The summed E-state index contributed by atoms with van der Waals surface area (Å²) in [7, 11) is 0. The van der Waals surface area contributed by atoms with Crippen LogP contribution in [0.25, 0.3) is 15.9 Å². The molecule has 0 spiro atoms. The van der Waals surface area contributed by atoms with Crippen LogP contribution in [0.3, 0.4) is 0 Å². The molecule has 0 aliphatic rings. The van der Waals surface area contributed by atoms with E-state index in [9.17, 15) is 9.59 Å². The Morgan fingerprint density at radius 1 is 1.29 bits per heavy atom. The summed E-state index contributed by atoms with van der Waals surface area (Å²) in [4.78, 5) is 31.9. The molecule has 2 heterocycles. The summed E-state index contributed by atoms with van der Waals surface area (Å²) in [6, 6.07) is 7.02. The predicted octanol–water partition coefficient (Wildman–Crippen LogP) is 5.02. The number of hydrogen-bond acceptors (Lipinski definition) is 6. The van der Waals surface area contributed by atoms with Crippen molar-refractivity contribution in [1.29, 1.82) is 0 Å². The van der Waals surface area contributed by atoms with Crippen LogP contribution in [0.2, 0.25) is 5.02 Å². The number of hydrogen-bond donors (Lipinski definition) is 0. The number of thiophene rings is 1. The van der Waals surface area contributed by atoms with Gasteiger partial charge in [-0.1, -0.05) is 36.7 Å². The van der Waals surface area contributed by atoms with Crippen LogP contribution in [0.1, 0.15) is 30.7 Å². The van der Waals surface area contributed by atoms with Crippen LogP contribution < -0.4 is 5.56 Å². The Morgan fingerprint density at radius 2 is 2.00 bits per heavy atom. The predicted molar refractivity (Wildman–Crippen MR) is 116 cm³/mol. The van der Waals surface area contributed by atoms with Gasteiger partial charge in [-0.25, -0.2) is 4.98 Å². The van der Waals surface area contributed by atoms with Gasteiger partial charge in [-0.15, -0.1) is 11.3 Å². The third-order valence-corrected chi connectivity index (χ3v) is 6.63. The van der Waals surface area contributed by atoms with E-state index in [2.05, 4.69) is 6.92 Å². The Kier molecular flexibility index (Phi) is 6.80. The lowest BCUT2D eigenvalue weighted by Crippen LogP contribution is -2.22. The van der Waals surface area contributed by atoms with Crippen molar-refractivity contribution in [1.82, 2.24) is 9.55 Å². The number of aryl methyl sites for hydroxylation is 2. The maximum atomic E-state index is 13.4. The minimum Gasteiger partial charge on any atom is -0.465 e. The number of thioether (sulfide) groups is 1. The Morgan fingerprint density at radius 3 is 2.64 bits per heavy atom. The van der Waals surface area contributed by atoms with E-state index in [1.165, 1.54) is 16.6 Å². The normalized spacial score (nSPS) is 11.1. The van der Waals surface area contributed by atoms with Gasteiger partial charge in [0, 0.05) is 9.90 Å². The number of benzene rings is 1. The summed E-state index contributed by atoms with van der Waals surface area (Å²) in [5, 5.41) is 1.70. The van der Waals surface area contributed by atoms with Crippen LogP contribution in [-0.4, -0.2) is 27.9 Å². The van der Waals surface area contributed by atoms with Gasteiger partial charge in [0.1, 0.15) is 4.83 Å². The fourth-order valence-electron chi connectivity index (χ4n) is 2.92. The molecule has 28 heavy (non-hydrogen) atoms. The number of carbonyl (C=O) groups excluding carboxylic acids is 1. The van der Waals surface area contributed by atoms with E-state index in [0.717, 1.165) is 18.4 Å². The van der Waals surface area contributed by atoms with Gasteiger partial charge in [-0.05, 0) is 50.1 Å². The van der Waals surface area contributed by atoms with E-state index in [-0.39, 0.29) is 17.3 Å². The number of aromatic nitrogens is 2. The first-order valence-corrected chi connectivity index (χ1v) is 11.2. The molecular formula is C20H21ClN2O3S2. The average molecular weight is 437 g/mol.